The number of nitrogens with zero attached hydrogens (tertiary/aromatic N) is 3. The van der Waals surface area contributed by atoms with Crippen LogP contribution in [-0.4, -0.2) is 44.4 Å². The highest BCUT2D eigenvalue weighted by molar-refractivity contribution is 5.98. The van der Waals surface area contributed by atoms with Crippen molar-refractivity contribution in [2.45, 2.75) is 32.6 Å². The molecule has 2 amide bonds. The number of carbonyl (C=O) groups is 2. The first-order chi connectivity index (χ1) is 18.4. The van der Waals surface area contributed by atoms with Crippen molar-refractivity contribution >= 4 is 17.5 Å². The quantitative estimate of drug-likeness (QED) is 0.327. The van der Waals surface area contributed by atoms with E-state index in [4.69, 9.17) is 10.5 Å². The van der Waals surface area contributed by atoms with Gasteiger partial charge < -0.3 is 20.4 Å². The van der Waals surface area contributed by atoms with E-state index in [9.17, 15) is 14.0 Å². The number of halogens is 1. The molecule has 4 aromatic rings. The molecule has 0 aliphatic carbocycles. The lowest BCUT2D eigenvalue weighted by atomic mass is 9.90. The van der Waals surface area contributed by atoms with Crippen LogP contribution in [0.25, 0.3) is 16.9 Å². The average Bonchev–Trinajstić information content (AvgIpc) is 3.50. The fraction of sp³-hybridized carbons (Fsp3) is 0.276. The van der Waals surface area contributed by atoms with Crippen LogP contribution in [0.5, 0.6) is 11.5 Å². The van der Waals surface area contributed by atoms with Gasteiger partial charge in [0.1, 0.15) is 11.4 Å². The number of hydrogen-bond acceptors (Lipinski definition) is 4. The Kier molecular flexibility index (Phi) is 7.00. The van der Waals surface area contributed by atoms with Crippen LogP contribution in [0.3, 0.4) is 0 Å². The summed E-state index contributed by atoms with van der Waals surface area (Å²) in [6.07, 6.45) is 7.20. The number of allylic oxidation sites excluding steroid dienone is 1. The van der Waals surface area contributed by atoms with Gasteiger partial charge in [0.25, 0.3) is 5.91 Å². The van der Waals surface area contributed by atoms with Gasteiger partial charge in [0.2, 0.25) is 5.91 Å². The third-order valence-electron chi connectivity index (χ3n) is 7.05. The van der Waals surface area contributed by atoms with Gasteiger partial charge in [-0.2, -0.15) is 5.10 Å². The van der Waals surface area contributed by atoms with Gasteiger partial charge in [-0.3, -0.25) is 9.59 Å². The van der Waals surface area contributed by atoms with Gasteiger partial charge in [-0.25, -0.2) is 8.91 Å². The molecule has 1 unspecified atom stereocenters. The molecule has 2 aromatic heterocycles. The monoisotopic (exact) mass is 515 g/mol. The number of imidazole rings is 1. The summed E-state index contributed by atoms with van der Waals surface area (Å²) in [4.78, 5) is 30.4. The molecule has 0 spiro atoms. The van der Waals surface area contributed by atoms with E-state index in [1.165, 1.54) is 6.07 Å². The number of rotatable bonds is 7. The zero-order valence-corrected chi connectivity index (χ0v) is 21.4. The molecule has 0 saturated carbocycles. The number of para-hydroxylation sites is 1. The van der Waals surface area contributed by atoms with Gasteiger partial charge in [-0.1, -0.05) is 31.2 Å². The number of ether oxygens (including phenoxy) is 1. The molecule has 8 nitrogen and oxygen atoms in total. The Morgan fingerprint density at radius 3 is 2.53 bits per heavy atom. The average molecular weight is 516 g/mol. The topological polar surface area (TPSA) is 106 Å². The van der Waals surface area contributed by atoms with E-state index in [0.29, 0.717) is 30.2 Å². The molecule has 38 heavy (non-hydrogen) atoms. The Balaban J connectivity index is 1.38. The standard InChI is InChI=1S/C29H30FN5O3/c1-3-6-18(2)29(37)34-15-13-19(14-16-34)22-17-32-35-26(27(31)36)25(33-28(22)35)20-9-11-21(12-10-20)38-24-8-5-4-7-23(24)30/h3-12,17-19,33H,13-16H2,1-2H3,(H2,31,36)/b6-3+. The molecule has 5 rings (SSSR count). The number of likely N-dealkylation sites (tertiary alicyclic amines) is 1. The lowest BCUT2D eigenvalue weighted by Crippen LogP contribution is -2.40. The molecule has 1 saturated heterocycles. The zero-order valence-electron chi connectivity index (χ0n) is 21.4. The second kappa shape index (κ2) is 10.5. The Labute approximate surface area is 219 Å². The van der Waals surface area contributed by atoms with Crippen LogP contribution in [0.15, 0.2) is 66.9 Å². The number of aromatic amines is 1. The maximum absolute atomic E-state index is 13.9. The molecule has 0 bridgehead atoms. The smallest absolute Gasteiger partial charge is 0.269 e. The van der Waals surface area contributed by atoms with E-state index in [0.717, 1.165) is 24.0 Å². The second-order valence-electron chi connectivity index (χ2n) is 9.54. The number of benzene rings is 2. The highest BCUT2D eigenvalue weighted by Gasteiger charge is 2.29. The van der Waals surface area contributed by atoms with Crippen molar-refractivity contribution < 1.29 is 18.7 Å². The molecule has 1 aliphatic heterocycles. The third-order valence-corrected chi connectivity index (χ3v) is 7.05. The van der Waals surface area contributed by atoms with E-state index in [1.807, 2.05) is 30.9 Å². The first-order valence-electron chi connectivity index (χ1n) is 12.7. The van der Waals surface area contributed by atoms with Crippen molar-refractivity contribution in [1.82, 2.24) is 19.5 Å². The molecular weight excluding hydrogens is 485 g/mol. The molecule has 1 aliphatic rings. The Morgan fingerprint density at radius 1 is 1.16 bits per heavy atom. The maximum atomic E-state index is 13.9. The fourth-order valence-corrected chi connectivity index (χ4v) is 5.09. The molecule has 1 atom stereocenters. The van der Waals surface area contributed by atoms with Gasteiger partial charge in [0, 0.05) is 24.2 Å². The summed E-state index contributed by atoms with van der Waals surface area (Å²) in [6.45, 7) is 5.17. The Bertz CT molecular complexity index is 1500. The van der Waals surface area contributed by atoms with Crippen LogP contribution in [0, 0.1) is 11.7 Å². The van der Waals surface area contributed by atoms with E-state index < -0.39 is 11.7 Å². The first-order valence-corrected chi connectivity index (χ1v) is 12.7. The predicted molar refractivity (Wildman–Crippen MR) is 143 cm³/mol. The van der Waals surface area contributed by atoms with Crippen molar-refractivity contribution in [3.8, 4) is 22.8 Å². The minimum absolute atomic E-state index is 0.130. The number of carbonyl (C=O) groups excluding carboxylic acids is 2. The molecule has 3 heterocycles. The SMILES string of the molecule is C/C=C/C(C)C(=O)N1CCC(c2cnn3c(C(N)=O)c(-c4ccc(Oc5ccccc5F)cc4)[nH]c23)CC1. The summed E-state index contributed by atoms with van der Waals surface area (Å²) in [7, 11) is 0. The van der Waals surface area contributed by atoms with Crippen molar-refractivity contribution in [2.24, 2.45) is 11.7 Å². The van der Waals surface area contributed by atoms with Gasteiger partial charge in [-0.05, 0) is 62.1 Å². The summed E-state index contributed by atoms with van der Waals surface area (Å²) >= 11 is 0. The number of amides is 2. The van der Waals surface area contributed by atoms with Gasteiger partial charge >= 0.3 is 0 Å². The van der Waals surface area contributed by atoms with Crippen LogP contribution in [0.2, 0.25) is 0 Å². The number of fused-ring (bicyclic) bond motifs is 1. The molecule has 0 radical (unpaired) electrons. The molecular formula is C29H30FN5O3. The predicted octanol–water partition coefficient (Wildman–Crippen LogP) is 5.28. The highest BCUT2D eigenvalue weighted by atomic mass is 19.1. The van der Waals surface area contributed by atoms with Gasteiger partial charge in [0.05, 0.1) is 17.8 Å². The molecule has 196 valence electrons. The summed E-state index contributed by atoms with van der Waals surface area (Å²) in [6, 6.07) is 13.2. The largest absolute Gasteiger partial charge is 0.454 e. The minimum atomic E-state index is -0.606. The lowest BCUT2D eigenvalue weighted by molar-refractivity contribution is -0.134. The summed E-state index contributed by atoms with van der Waals surface area (Å²) in [5, 5.41) is 4.48. The summed E-state index contributed by atoms with van der Waals surface area (Å²) in [5.74, 6) is -0.266. The molecule has 1 fully saturated rings. The second-order valence-corrected chi connectivity index (χ2v) is 9.54. The number of hydrogen-bond donors (Lipinski definition) is 2. The van der Waals surface area contributed by atoms with Crippen LogP contribution in [0.4, 0.5) is 4.39 Å². The lowest BCUT2D eigenvalue weighted by Gasteiger charge is -2.32. The highest BCUT2D eigenvalue weighted by Crippen LogP contribution is 2.34. The van der Waals surface area contributed by atoms with E-state index >= 15 is 0 Å². The van der Waals surface area contributed by atoms with Crippen molar-refractivity contribution in [1.29, 1.82) is 0 Å². The van der Waals surface area contributed by atoms with Crippen LogP contribution in [0.1, 0.15) is 48.7 Å². The Morgan fingerprint density at radius 2 is 1.87 bits per heavy atom. The third kappa shape index (κ3) is 4.79. The van der Waals surface area contributed by atoms with E-state index in [2.05, 4.69) is 10.1 Å². The van der Waals surface area contributed by atoms with Crippen molar-refractivity contribution in [3.63, 3.8) is 0 Å². The molecule has 3 N–H and O–H groups in total. The first kappa shape index (κ1) is 25.3. The minimum Gasteiger partial charge on any atom is -0.454 e. The van der Waals surface area contributed by atoms with Crippen LogP contribution >= 0.6 is 0 Å². The Hall–Kier alpha value is -4.40. The molecule has 9 heteroatoms. The van der Waals surface area contributed by atoms with E-state index in [-0.39, 0.29) is 29.2 Å². The number of piperidine rings is 1. The van der Waals surface area contributed by atoms with Crippen LogP contribution < -0.4 is 10.5 Å². The number of nitrogens with one attached hydrogen (secondary N) is 1. The number of nitrogens with two attached hydrogens (primary N) is 1. The molecule has 2 aromatic carbocycles. The normalized spacial score (nSPS) is 15.3. The summed E-state index contributed by atoms with van der Waals surface area (Å²) < 4.78 is 21.2. The number of H-pyrrole nitrogens is 1. The number of primary amides is 1. The van der Waals surface area contributed by atoms with Crippen molar-refractivity contribution in [2.75, 3.05) is 13.1 Å². The van der Waals surface area contributed by atoms with Crippen molar-refractivity contribution in [3.05, 3.63) is 84.0 Å². The van der Waals surface area contributed by atoms with Gasteiger partial charge in [0.15, 0.2) is 17.3 Å². The fourth-order valence-electron chi connectivity index (χ4n) is 5.09. The maximum Gasteiger partial charge on any atom is 0.269 e. The zero-order chi connectivity index (χ0) is 26.8. The number of aromatic nitrogens is 3. The van der Waals surface area contributed by atoms with Gasteiger partial charge in [-0.15, -0.1) is 0 Å². The van der Waals surface area contributed by atoms with E-state index in [1.54, 1.807) is 53.2 Å². The van der Waals surface area contributed by atoms with Crippen LogP contribution in [-0.2, 0) is 4.79 Å². The summed E-state index contributed by atoms with van der Waals surface area (Å²) in [5.41, 5.74) is 8.99.